The van der Waals surface area contributed by atoms with Crippen LogP contribution in [0, 0.1) is 0 Å². The van der Waals surface area contributed by atoms with Crippen molar-refractivity contribution in [2.24, 2.45) is 0 Å². The molecule has 1 heteroatoms. The monoisotopic (exact) mass is 274 g/mol. The van der Waals surface area contributed by atoms with E-state index >= 15 is 0 Å². The van der Waals surface area contributed by atoms with Gasteiger partial charge in [0.05, 0.1) is 0 Å². The topological polar surface area (TPSA) is 31.5 Å². The van der Waals surface area contributed by atoms with Gasteiger partial charge in [-0.2, -0.15) is 0 Å². The largest absolute Gasteiger partial charge is 0.412 e. The van der Waals surface area contributed by atoms with Crippen LogP contribution < -0.4 is 0 Å². The molecule has 0 aromatic carbocycles. The Morgan fingerprint density at radius 2 is 0.474 bits per heavy atom. The minimum Gasteiger partial charge on any atom is -0.412 e. The highest BCUT2D eigenvalue weighted by molar-refractivity contribution is 4.42. The summed E-state index contributed by atoms with van der Waals surface area (Å²) < 4.78 is 0. The van der Waals surface area contributed by atoms with Crippen molar-refractivity contribution in [1.82, 2.24) is 0 Å². The average molecular weight is 275 g/mol. The fraction of sp³-hybridized carbons (Fsp3) is 1.00. The van der Waals surface area contributed by atoms with Crippen LogP contribution >= 0.6 is 0 Å². The third-order valence-electron chi connectivity index (χ3n) is 3.41. The van der Waals surface area contributed by atoms with Gasteiger partial charge in [-0.15, -0.1) is 0 Å². The van der Waals surface area contributed by atoms with Crippen LogP contribution in [-0.2, 0) is 0 Å². The van der Waals surface area contributed by atoms with Gasteiger partial charge in [-0.05, 0) is 0 Å². The van der Waals surface area contributed by atoms with Crippen molar-refractivity contribution in [1.29, 1.82) is 0 Å². The zero-order valence-corrected chi connectivity index (χ0v) is 14.4. The molecule has 0 heterocycles. The van der Waals surface area contributed by atoms with Gasteiger partial charge in [0.2, 0.25) is 0 Å². The molecule has 0 spiro atoms. The summed E-state index contributed by atoms with van der Waals surface area (Å²) in [6, 6.07) is 0. The second kappa shape index (κ2) is 26.5. The quantitative estimate of drug-likeness (QED) is 0.355. The molecule has 2 N–H and O–H groups in total. The minimum absolute atomic E-state index is 0. The smallest absolute Gasteiger partial charge is 0.0533 e. The molecule has 0 fully saturated rings. The lowest BCUT2D eigenvalue weighted by atomic mass is 10.1. The first-order valence-corrected chi connectivity index (χ1v) is 8.83. The molecule has 0 aromatic heterocycles. The van der Waals surface area contributed by atoms with Gasteiger partial charge in [0.1, 0.15) is 0 Å². The summed E-state index contributed by atoms with van der Waals surface area (Å²) in [5, 5.41) is 0. The zero-order valence-electron chi connectivity index (χ0n) is 14.4. The van der Waals surface area contributed by atoms with Crippen LogP contribution in [-0.4, -0.2) is 5.48 Å². The van der Waals surface area contributed by atoms with Crippen LogP contribution in [0.4, 0.5) is 0 Å². The third kappa shape index (κ3) is 32.0. The first-order chi connectivity index (χ1) is 8.83. The summed E-state index contributed by atoms with van der Waals surface area (Å²) in [5.41, 5.74) is 0. The summed E-state index contributed by atoms with van der Waals surface area (Å²) in [6.07, 6.45) is 19.9. The van der Waals surface area contributed by atoms with Crippen molar-refractivity contribution >= 4 is 0 Å². The van der Waals surface area contributed by atoms with Gasteiger partial charge in [-0.3, -0.25) is 0 Å². The fourth-order valence-corrected chi connectivity index (χ4v) is 2.06. The summed E-state index contributed by atoms with van der Waals surface area (Å²) in [7, 11) is 0. The predicted molar refractivity (Wildman–Crippen MR) is 90.9 cm³/mol. The lowest BCUT2D eigenvalue weighted by molar-refractivity contribution is 0.602. The third-order valence-corrected chi connectivity index (χ3v) is 3.41. The molecule has 0 amide bonds. The van der Waals surface area contributed by atoms with Gasteiger partial charge in [0.15, 0.2) is 0 Å². The van der Waals surface area contributed by atoms with Gasteiger partial charge in [0.25, 0.3) is 0 Å². The summed E-state index contributed by atoms with van der Waals surface area (Å²) in [6.45, 7) is 9.05. The van der Waals surface area contributed by atoms with E-state index in [0.29, 0.717) is 0 Å². The van der Waals surface area contributed by atoms with E-state index < -0.39 is 0 Å². The molecule has 0 bridgehead atoms. The highest BCUT2D eigenvalue weighted by Crippen LogP contribution is 2.06. The Kier molecular flexibility index (Phi) is 33.5. The Balaban J connectivity index is -0.000000256. The number of hydrogen-bond acceptors (Lipinski definition) is 0. The molecule has 0 saturated carbocycles. The van der Waals surface area contributed by atoms with Gasteiger partial charge in [-0.1, -0.05) is 118 Å². The molecule has 1 nitrogen and oxygen atoms in total. The molecule has 0 aliphatic rings. The molecular formula is C18H42O. The highest BCUT2D eigenvalue weighted by Gasteiger charge is 1.86. The molecule has 0 saturated heterocycles. The maximum absolute atomic E-state index is 2.26. The lowest BCUT2D eigenvalue weighted by Gasteiger charge is -1.96. The van der Waals surface area contributed by atoms with E-state index in [1.165, 1.54) is 89.9 Å². The van der Waals surface area contributed by atoms with Gasteiger partial charge in [0, 0.05) is 0 Å². The van der Waals surface area contributed by atoms with Crippen molar-refractivity contribution in [3.05, 3.63) is 0 Å². The van der Waals surface area contributed by atoms with Crippen molar-refractivity contribution in [3.8, 4) is 0 Å². The summed E-state index contributed by atoms with van der Waals surface area (Å²) >= 11 is 0. The molecule has 0 atom stereocenters. The molecule has 0 radical (unpaired) electrons. The van der Waals surface area contributed by atoms with E-state index in [0.717, 1.165) is 0 Å². The predicted octanol–water partition coefficient (Wildman–Crippen LogP) is 6.69. The Morgan fingerprint density at radius 3 is 0.632 bits per heavy atom. The molecular weight excluding hydrogens is 232 g/mol. The summed E-state index contributed by atoms with van der Waals surface area (Å²) in [5.74, 6) is 0. The fourth-order valence-electron chi connectivity index (χ4n) is 2.06. The van der Waals surface area contributed by atoms with E-state index in [1.54, 1.807) is 0 Å². The van der Waals surface area contributed by atoms with Crippen LogP contribution in [0.15, 0.2) is 0 Å². The van der Waals surface area contributed by atoms with Crippen LogP contribution in [0.2, 0.25) is 0 Å². The molecule has 19 heavy (non-hydrogen) atoms. The molecule has 0 rings (SSSR count). The van der Waals surface area contributed by atoms with E-state index in [4.69, 9.17) is 0 Å². The van der Waals surface area contributed by atoms with Crippen LogP contribution in [0.3, 0.4) is 0 Å². The van der Waals surface area contributed by atoms with Gasteiger partial charge in [-0.25, -0.2) is 0 Å². The van der Waals surface area contributed by atoms with Gasteiger partial charge >= 0.3 is 0 Å². The van der Waals surface area contributed by atoms with Crippen LogP contribution in [0.1, 0.15) is 118 Å². The summed E-state index contributed by atoms with van der Waals surface area (Å²) in [4.78, 5) is 0. The Morgan fingerprint density at radius 1 is 0.316 bits per heavy atom. The molecule has 0 aromatic rings. The number of unbranched alkanes of at least 4 members (excludes halogenated alkanes) is 12. The van der Waals surface area contributed by atoms with E-state index in [9.17, 15) is 0 Å². The molecule has 120 valence electrons. The van der Waals surface area contributed by atoms with Crippen LogP contribution in [0.25, 0.3) is 0 Å². The zero-order chi connectivity index (χ0) is 13.9. The van der Waals surface area contributed by atoms with Crippen molar-refractivity contribution in [2.75, 3.05) is 0 Å². The second-order valence-electron chi connectivity index (χ2n) is 5.54. The standard InChI is InChI=1S/2C9H20.H2O/c2*1-3-5-7-9-8-6-4-2;/h2*3-9H2,1-2H3;1H2. The second-order valence-corrected chi connectivity index (χ2v) is 5.54. The maximum Gasteiger partial charge on any atom is -0.0533 e. The minimum atomic E-state index is 0. The van der Waals surface area contributed by atoms with Crippen molar-refractivity contribution in [2.45, 2.75) is 118 Å². The SMILES string of the molecule is CCCCCCCCC.CCCCCCCCC.O. The normalized spacial score (nSPS) is 9.47. The van der Waals surface area contributed by atoms with Crippen molar-refractivity contribution < 1.29 is 5.48 Å². The van der Waals surface area contributed by atoms with Crippen LogP contribution in [0.5, 0.6) is 0 Å². The lowest BCUT2D eigenvalue weighted by Crippen LogP contribution is -1.76. The Labute approximate surface area is 123 Å². The van der Waals surface area contributed by atoms with E-state index in [2.05, 4.69) is 27.7 Å². The van der Waals surface area contributed by atoms with Gasteiger partial charge < -0.3 is 5.48 Å². The average Bonchev–Trinajstić information content (AvgIpc) is 2.39. The maximum atomic E-state index is 2.26. The van der Waals surface area contributed by atoms with E-state index in [-0.39, 0.29) is 5.48 Å². The molecule has 0 aliphatic carbocycles. The Hall–Kier alpha value is -0.0400. The Bertz CT molecular complexity index is 86.3. The molecule has 0 aliphatic heterocycles. The van der Waals surface area contributed by atoms with Crippen molar-refractivity contribution in [3.63, 3.8) is 0 Å². The number of rotatable bonds is 12. The first-order valence-electron chi connectivity index (χ1n) is 8.83. The molecule has 0 unspecified atom stereocenters. The highest BCUT2D eigenvalue weighted by atomic mass is 16.0. The first kappa shape index (κ1) is 24.0. The van der Waals surface area contributed by atoms with E-state index in [1.807, 2.05) is 0 Å². The number of hydrogen-bond donors (Lipinski definition) is 0.